The van der Waals surface area contributed by atoms with E-state index >= 15 is 0 Å². The molecule has 1 heterocycles. The van der Waals surface area contributed by atoms with E-state index in [1.54, 1.807) is 6.07 Å². The lowest BCUT2D eigenvalue weighted by Crippen LogP contribution is -2.46. The van der Waals surface area contributed by atoms with Gasteiger partial charge in [-0.25, -0.2) is 4.39 Å². The van der Waals surface area contributed by atoms with Crippen LogP contribution in [0.15, 0.2) is 23.4 Å². The first-order valence-electron chi connectivity index (χ1n) is 7.35. The van der Waals surface area contributed by atoms with Crippen molar-refractivity contribution in [1.82, 2.24) is 9.80 Å². The normalized spacial score (nSPS) is 18.1. The quantitative estimate of drug-likeness (QED) is 0.373. The van der Waals surface area contributed by atoms with Crippen LogP contribution in [0.4, 0.5) is 4.39 Å². The van der Waals surface area contributed by atoms with Crippen molar-refractivity contribution in [1.29, 1.82) is 0 Å². The maximum atomic E-state index is 13.3. The van der Waals surface area contributed by atoms with Crippen LogP contribution in [0, 0.1) is 5.82 Å². The number of rotatable bonds is 5. The number of halogens is 1. The van der Waals surface area contributed by atoms with Gasteiger partial charge in [0.2, 0.25) is 0 Å². The zero-order valence-electron chi connectivity index (χ0n) is 12.4. The molecule has 1 saturated heterocycles. The van der Waals surface area contributed by atoms with Crippen LogP contribution < -0.4 is 5.73 Å². The maximum Gasteiger partial charge on any atom is 0.170 e. The largest absolute Gasteiger partial charge is 0.409 e. The minimum Gasteiger partial charge on any atom is -0.409 e. The van der Waals surface area contributed by atoms with Gasteiger partial charge in [-0.1, -0.05) is 18.1 Å². The van der Waals surface area contributed by atoms with Gasteiger partial charge in [-0.2, -0.15) is 0 Å². The molecule has 0 amide bonds. The molecule has 1 fully saturated rings. The van der Waals surface area contributed by atoms with Crippen molar-refractivity contribution in [2.24, 2.45) is 10.9 Å². The molecule has 2 rings (SSSR count). The van der Waals surface area contributed by atoms with Gasteiger partial charge in [0.25, 0.3) is 0 Å². The summed E-state index contributed by atoms with van der Waals surface area (Å²) in [6.45, 7) is 8.07. The highest BCUT2D eigenvalue weighted by molar-refractivity contribution is 5.98. The Bertz CT molecular complexity index is 498. The van der Waals surface area contributed by atoms with Crippen molar-refractivity contribution in [3.8, 4) is 0 Å². The van der Waals surface area contributed by atoms with Gasteiger partial charge in [0.1, 0.15) is 5.82 Å². The molecule has 0 aliphatic carbocycles. The van der Waals surface area contributed by atoms with Crippen molar-refractivity contribution in [3.63, 3.8) is 0 Å². The summed E-state index contributed by atoms with van der Waals surface area (Å²) >= 11 is 0. The van der Waals surface area contributed by atoms with Gasteiger partial charge in [0.05, 0.1) is 0 Å². The molecule has 0 aromatic heterocycles. The van der Waals surface area contributed by atoms with Crippen LogP contribution in [0.1, 0.15) is 24.5 Å². The lowest BCUT2D eigenvalue weighted by molar-refractivity contribution is 0.127. The van der Waals surface area contributed by atoms with Crippen LogP contribution in [0.2, 0.25) is 0 Å². The van der Waals surface area contributed by atoms with E-state index in [9.17, 15) is 4.39 Å². The molecule has 0 unspecified atom stereocenters. The Morgan fingerprint density at radius 3 is 2.57 bits per heavy atom. The lowest BCUT2D eigenvalue weighted by Gasteiger charge is -2.34. The summed E-state index contributed by atoms with van der Waals surface area (Å²) in [7, 11) is 0. The highest BCUT2D eigenvalue weighted by Gasteiger charge is 2.18. The summed E-state index contributed by atoms with van der Waals surface area (Å²) in [6, 6.07) is 4.44. The third-order valence-electron chi connectivity index (χ3n) is 3.85. The van der Waals surface area contributed by atoms with E-state index in [1.165, 1.54) is 18.6 Å². The number of nitrogens with zero attached hydrogens (tertiary/aromatic N) is 3. The molecule has 3 N–H and O–H groups in total. The predicted octanol–water partition coefficient (Wildman–Crippen LogP) is 1.45. The molecule has 0 bridgehead atoms. The Kier molecular flexibility index (Phi) is 5.52. The van der Waals surface area contributed by atoms with Crippen molar-refractivity contribution in [3.05, 3.63) is 35.1 Å². The molecule has 0 spiro atoms. The molecule has 1 aliphatic rings. The second-order valence-corrected chi connectivity index (χ2v) is 5.40. The Labute approximate surface area is 124 Å². The molecule has 0 saturated carbocycles. The molecular weight excluding hydrogens is 271 g/mol. The van der Waals surface area contributed by atoms with Gasteiger partial charge < -0.3 is 15.8 Å². The number of hydrogen-bond donors (Lipinski definition) is 2. The van der Waals surface area contributed by atoms with Gasteiger partial charge in [-0.05, 0) is 30.7 Å². The maximum absolute atomic E-state index is 13.3. The first-order valence-corrected chi connectivity index (χ1v) is 7.35. The van der Waals surface area contributed by atoms with Gasteiger partial charge in [-0.3, -0.25) is 4.90 Å². The smallest absolute Gasteiger partial charge is 0.170 e. The third kappa shape index (κ3) is 4.15. The average molecular weight is 294 g/mol. The van der Waals surface area contributed by atoms with E-state index < -0.39 is 0 Å². The van der Waals surface area contributed by atoms with E-state index in [0.717, 1.165) is 38.3 Å². The molecule has 0 radical (unpaired) electrons. The van der Waals surface area contributed by atoms with Crippen LogP contribution in [0.5, 0.6) is 0 Å². The number of oxime groups is 1. The van der Waals surface area contributed by atoms with E-state index in [2.05, 4.69) is 21.9 Å². The second-order valence-electron chi connectivity index (χ2n) is 5.40. The van der Waals surface area contributed by atoms with Gasteiger partial charge in [0.15, 0.2) is 5.84 Å². The van der Waals surface area contributed by atoms with Gasteiger partial charge >= 0.3 is 0 Å². The monoisotopic (exact) mass is 294 g/mol. The first-order chi connectivity index (χ1) is 10.1. The Balaban J connectivity index is 2.04. The van der Waals surface area contributed by atoms with E-state index in [0.29, 0.717) is 12.1 Å². The van der Waals surface area contributed by atoms with E-state index in [-0.39, 0.29) is 11.7 Å². The summed E-state index contributed by atoms with van der Waals surface area (Å²) < 4.78 is 13.3. The summed E-state index contributed by atoms with van der Waals surface area (Å²) in [5.41, 5.74) is 6.99. The zero-order valence-corrected chi connectivity index (χ0v) is 12.4. The molecule has 1 aromatic carbocycles. The summed E-state index contributed by atoms with van der Waals surface area (Å²) in [6.07, 6.45) is 1.17. The Morgan fingerprint density at radius 2 is 1.95 bits per heavy atom. The highest BCUT2D eigenvalue weighted by atomic mass is 19.1. The molecule has 1 aliphatic heterocycles. The lowest BCUT2D eigenvalue weighted by atomic mass is 10.1. The van der Waals surface area contributed by atoms with Crippen LogP contribution in [0.25, 0.3) is 0 Å². The van der Waals surface area contributed by atoms with Crippen LogP contribution in [0.3, 0.4) is 0 Å². The number of hydrogen-bond acceptors (Lipinski definition) is 4. The summed E-state index contributed by atoms with van der Waals surface area (Å²) in [5.74, 6) is -0.428. The molecule has 21 heavy (non-hydrogen) atoms. The average Bonchev–Trinajstić information content (AvgIpc) is 2.50. The standard InChI is InChI=1S/C15H23FN4O/c1-2-5-19-6-8-20(9-7-19)11-12-3-4-13(16)10-14(12)15(17)18-21/h3-4,10,21H,2,5-9,11H2,1H3,(H2,17,18). The molecule has 5 nitrogen and oxygen atoms in total. The summed E-state index contributed by atoms with van der Waals surface area (Å²) in [4.78, 5) is 4.76. The number of amidine groups is 1. The van der Waals surface area contributed by atoms with Gasteiger partial charge in [0, 0.05) is 38.3 Å². The predicted molar refractivity (Wildman–Crippen MR) is 80.9 cm³/mol. The van der Waals surface area contributed by atoms with E-state index in [4.69, 9.17) is 10.9 Å². The fourth-order valence-corrected chi connectivity index (χ4v) is 2.71. The Morgan fingerprint density at radius 1 is 1.29 bits per heavy atom. The van der Waals surface area contributed by atoms with Gasteiger partial charge in [-0.15, -0.1) is 0 Å². The van der Waals surface area contributed by atoms with Crippen LogP contribution in [-0.2, 0) is 6.54 Å². The number of piperazine rings is 1. The Hall–Kier alpha value is -1.66. The molecule has 6 heteroatoms. The van der Waals surface area contributed by atoms with Crippen molar-refractivity contribution >= 4 is 5.84 Å². The van der Waals surface area contributed by atoms with Crippen molar-refractivity contribution in [2.45, 2.75) is 19.9 Å². The number of benzene rings is 1. The minimum atomic E-state index is -0.381. The fraction of sp³-hybridized carbons (Fsp3) is 0.533. The van der Waals surface area contributed by atoms with Crippen molar-refractivity contribution in [2.75, 3.05) is 32.7 Å². The van der Waals surface area contributed by atoms with E-state index in [1.807, 2.05) is 0 Å². The van der Waals surface area contributed by atoms with Crippen LogP contribution >= 0.6 is 0 Å². The molecular formula is C15H23FN4O. The fourth-order valence-electron chi connectivity index (χ4n) is 2.71. The minimum absolute atomic E-state index is 0.0471. The molecule has 0 atom stereocenters. The topological polar surface area (TPSA) is 65.1 Å². The second kappa shape index (κ2) is 7.38. The number of nitrogens with two attached hydrogens (primary N) is 1. The zero-order chi connectivity index (χ0) is 15.2. The third-order valence-corrected chi connectivity index (χ3v) is 3.85. The summed E-state index contributed by atoms with van der Waals surface area (Å²) in [5, 5.41) is 11.8. The SMILES string of the molecule is CCCN1CCN(Cc2ccc(F)cc2C(N)=NO)CC1. The first kappa shape index (κ1) is 15.7. The van der Waals surface area contributed by atoms with Crippen LogP contribution in [-0.4, -0.2) is 53.6 Å². The highest BCUT2D eigenvalue weighted by Crippen LogP contribution is 2.15. The molecule has 1 aromatic rings. The molecule has 116 valence electrons. The van der Waals surface area contributed by atoms with Crippen molar-refractivity contribution < 1.29 is 9.60 Å².